The lowest BCUT2D eigenvalue weighted by atomic mass is 9.90. The molecule has 1 aliphatic heterocycles. The molecule has 0 bridgehead atoms. The van der Waals surface area contributed by atoms with E-state index in [0.29, 0.717) is 17.1 Å². The Kier molecular flexibility index (Phi) is 5.16. The van der Waals surface area contributed by atoms with Gasteiger partial charge in [-0.2, -0.15) is 5.10 Å². The lowest BCUT2D eigenvalue weighted by molar-refractivity contribution is 0.0670. The van der Waals surface area contributed by atoms with Crippen LogP contribution in [-0.2, 0) is 6.42 Å². The molecule has 0 spiro atoms. The van der Waals surface area contributed by atoms with E-state index in [2.05, 4.69) is 41.3 Å². The van der Waals surface area contributed by atoms with E-state index >= 15 is 0 Å². The predicted molar refractivity (Wildman–Crippen MR) is 111 cm³/mol. The molecule has 0 radical (unpaired) electrons. The van der Waals surface area contributed by atoms with Crippen LogP contribution in [0.1, 0.15) is 52.1 Å². The van der Waals surface area contributed by atoms with E-state index in [1.54, 1.807) is 10.7 Å². The van der Waals surface area contributed by atoms with E-state index < -0.39 is 0 Å². The van der Waals surface area contributed by atoms with Gasteiger partial charge in [0.25, 0.3) is 5.91 Å². The number of benzene rings is 1. The van der Waals surface area contributed by atoms with Crippen molar-refractivity contribution in [1.29, 1.82) is 0 Å². The summed E-state index contributed by atoms with van der Waals surface area (Å²) in [5.41, 5.74) is 5.97. The van der Waals surface area contributed by atoms with Gasteiger partial charge in [-0.15, -0.1) is 0 Å². The summed E-state index contributed by atoms with van der Waals surface area (Å²) in [5.74, 6) is 0.615. The van der Waals surface area contributed by atoms with E-state index in [4.69, 9.17) is 0 Å². The third-order valence-corrected chi connectivity index (χ3v) is 5.90. The molecule has 3 aromatic rings. The molecule has 0 unspecified atom stereocenters. The van der Waals surface area contributed by atoms with Crippen molar-refractivity contribution in [3.8, 4) is 0 Å². The van der Waals surface area contributed by atoms with Gasteiger partial charge in [-0.25, -0.2) is 9.50 Å². The highest BCUT2D eigenvalue weighted by atomic mass is 16.2. The largest absolute Gasteiger partial charge is 0.338 e. The number of hydrogen-bond donors (Lipinski definition) is 0. The number of nitrogens with zero attached hydrogens (tertiary/aromatic N) is 4. The molecule has 0 saturated carbocycles. The van der Waals surface area contributed by atoms with Gasteiger partial charge in [0.05, 0.1) is 6.20 Å². The molecule has 146 valence electrons. The Balaban J connectivity index is 1.47. The maximum absolute atomic E-state index is 13.2. The van der Waals surface area contributed by atoms with Crippen LogP contribution in [0.5, 0.6) is 0 Å². The van der Waals surface area contributed by atoms with Crippen molar-refractivity contribution in [2.75, 3.05) is 13.1 Å². The third kappa shape index (κ3) is 3.66. The smallest absolute Gasteiger partial charge is 0.259 e. The molecular formula is C23H28N4O. The van der Waals surface area contributed by atoms with Crippen molar-refractivity contribution in [2.45, 2.75) is 46.5 Å². The molecule has 1 aliphatic rings. The van der Waals surface area contributed by atoms with Crippen LogP contribution in [0.15, 0.2) is 36.5 Å². The molecule has 3 heterocycles. The summed E-state index contributed by atoms with van der Waals surface area (Å²) in [5, 5.41) is 4.39. The highest BCUT2D eigenvalue weighted by Crippen LogP contribution is 2.24. The van der Waals surface area contributed by atoms with Crippen LogP contribution in [0.2, 0.25) is 0 Å². The summed E-state index contributed by atoms with van der Waals surface area (Å²) in [4.78, 5) is 19.8. The monoisotopic (exact) mass is 376 g/mol. The number of hydrogen-bond acceptors (Lipinski definition) is 3. The van der Waals surface area contributed by atoms with E-state index in [9.17, 15) is 4.79 Å². The Morgan fingerprint density at radius 3 is 2.86 bits per heavy atom. The van der Waals surface area contributed by atoms with Crippen LogP contribution in [0, 0.1) is 26.7 Å². The normalized spacial score (nSPS) is 17.2. The number of fused-ring (bicyclic) bond motifs is 1. The Hall–Kier alpha value is -2.69. The molecule has 1 aromatic carbocycles. The van der Waals surface area contributed by atoms with Crippen molar-refractivity contribution >= 4 is 11.6 Å². The van der Waals surface area contributed by atoms with Crippen LogP contribution >= 0.6 is 0 Å². The number of aromatic nitrogens is 3. The molecule has 1 fully saturated rings. The molecule has 2 aromatic heterocycles. The Bertz CT molecular complexity index is 1010. The lowest BCUT2D eigenvalue weighted by Crippen LogP contribution is -2.40. The number of carbonyl (C=O) groups is 1. The van der Waals surface area contributed by atoms with Gasteiger partial charge in [-0.3, -0.25) is 4.79 Å². The third-order valence-electron chi connectivity index (χ3n) is 5.90. The van der Waals surface area contributed by atoms with Crippen LogP contribution < -0.4 is 0 Å². The van der Waals surface area contributed by atoms with Gasteiger partial charge in [0.1, 0.15) is 5.56 Å². The fraction of sp³-hybridized carbons (Fsp3) is 0.435. The second kappa shape index (κ2) is 7.74. The Morgan fingerprint density at radius 1 is 1.21 bits per heavy atom. The average Bonchev–Trinajstić information content (AvgIpc) is 3.11. The minimum absolute atomic E-state index is 0.0630. The summed E-state index contributed by atoms with van der Waals surface area (Å²) >= 11 is 0. The minimum Gasteiger partial charge on any atom is -0.338 e. The van der Waals surface area contributed by atoms with Gasteiger partial charge in [-0.05, 0) is 69.6 Å². The van der Waals surface area contributed by atoms with E-state index in [1.807, 2.05) is 24.8 Å². The zero-order chi connectivity index (χ0) is 19.7. The van der Waals surface area contributed by atoms with Gasteiger partial charge in [0, 0.05) is 24.5 Å². The summed E-state index contributed by atoms with van der Waals surface area (Å²) in [6, 6.07) is 10.6. The first kappa shape index (κ1) is 18.7. The van der Waals surface area contributed by atoms with Crippen LogP contribution in [0.4, 0.5) is 0 Å². The Morgan fingerprint density at radius 2 is 2.04 bits per heavy atom. The van der Waals surface area contributed by atoms with Crippen molar-refractivity contribution < 1.29 is 4.79 Å². The van der Waals surface area contributed by atoms with Crippen LogP contribution in [0.3, 0.4) is 0 Å². The molecular weight excluding hydrogens is 348 g/mol. The first-order valence-electron chi connectivity index (χ1n) is 10.2. The second-order valence-corrected chi connectivity index (χ2v) is 8.06. The number of likely N-dealkylation sites (tertiary alicyclic amines) is 1. The predicted octanol–water partition coefficient (Wildman–Crippen LogP) is 4.14. The molecule has 1 saturated heterocycles. The van der Waals surface area contributed by atoms with Crippen molar-refractivity contribution in [3.63, 3.8) is 0 Å². The highest BCUT2D eigenvalue weighted by Gasteiger charge is 2.27. The molecule has 5 nitrogen and oxygen atoms in total. The van der Waals surface area contributed by atoms with Crippen molar-refractivity contribution in [3.05, 3.63) is 64.6 Å². The lowest BCUT2D eigenvalue weighted by Gasteiger charge is -2.32. The number of amides is 1. The van der Waals surface area contributed by atoms with Crippen molar-refractivity contribution in [1.82, 2.24) is 19.5 Å². The first-order chi connectivity index (χ1) is 13.5. The summed E-state index contributed by atoms with van der Waals surface area (Å²) in [6.07, 6.45) is 6.14. The molecule has 4 rings (SSSR count). The molecule has 28 heavy (non-hydrogen) atoms. The molecule has 5 heteroatoms. The van der Waals surface area contributed by atoms with Gasteiger partial charge in [-0.1, -0.05) is 24.3 Å². The van der Waals surface area contributed by atoms with Crippen LogP contribution in [0.25, 0.3) is 5.65 Å². The molecule has 1 atom stereocenters. The van der Waals surface area contributed by atoms with Gasteiger partial charge in [0.15, 0.2) is 5.65 Å². The van der Waals surface area contributed by atoms with Crippen LogP contribution in [-0.4, -0.2) is 38.5 Å². The standard InChI is InChI=1S/C23H28N4O/c1-16-7-4-5-9-20(16)11-10-19-8-6-12-26(15-19)23(28)21-14-24-27-18(3)13-17(2)25-22(21)27/h4-5,7,9,13-14,19H,6,8,10-12,15H2,1-3H3/t19-/m1/s1. The summed E-state index contributed by atoms with van der Waals surface area (Å²) < 4.78 is 1.76. The molecule has 1 amide bonds. The topological polar surface area (TPSA) is 50.5 Å². The van der Waals surface area contributed by atoms with Gasteiger partial charge < -0.3 is 4.90 Å². The van der Waals surface area contributed by atoms with Gasteiger partial charge in [0.2, 0.25) is 0 Å². The quantitative estimate of drug-likeness (QED) is 0.688. The Labute approximate surface area is 166 Å². The second-order valence-electron chi connectivity index (χ2n) is 8.06. The summed E-state index contributed by atoms with van der Waals surface area (Å²) in [7, 11) is 0. The SMILES string of the molecule is Cc1cc(C)n2ncc(C(=O)N3CCC[C@H](CCc4ccccc4C)C3)c2n1. The highest BCUT2D eigenvalue weighted by molar-refractivity contribution is 5.99. The number of rotatable bonds is 4. The average molecular weight is 377 g/mol. The number of aryl methyl sites for hydroxylation is 4. The molecule has 0 aliphatic carbocycles. The zero-order valence-electron chi connectivity index (χ0n) is 17.0. The number of piperidine rings is 1. The van der Waals surface area contributed by atoms with E-state index in [-0.39, 0.29) is 5.91 Å². The minimum atomic E-state index is 0.0630. The van der Waals surface area contributed by atoms with E-state index in [1.165, 1.54) is 17.5 Å². The van der Waals surface area contributed by atoms with E-state index in [0.717, 1.165) is 43.7 Å². The van der Waals surface area contributed by atoms with Crippen molar-refractivity contribution in [2.24, 2.45) is 5.92 Å². The fourth-order valence-electron chi connectivity index (χ4n) is 4.33. The van der Waals surface area contributed by atoms with Gasteiger partial charge >= 0.3 is 0 Å². The number of carbonyl (C=O) groups excluding carboxylic acids is 1. The zero-order valence-corrected chi connectivity index (χ0v) is 17.0. The fourth-order valence-corrected chi connectivity index (χ4v) is 4.33. The maximum Gasteiger partial charge on any atom is 0.259 e. The maximum atomic E-state index is 13.2. The first-order valence-corrected chi connectivity index (χ1v) is 10.2. The summed E-state index contributed by atoms with van der Waals surface area (Å²) in [6.45, 7) is 7.77. The molecule has 0 N–H and O–H groups in total.